The van der Waals surface area contributed by atoms with E-state index < -0.39 is 0 Å². The molecule has 0 aromatic carbocycles. The predicted octanol–water partition coefficient (Wildman–Crippen LogP) is 5.04. The highest BCUT2D eigenvalue weighted by Gasteiger charge is 2.05. The number of hydrogen-bond acceptors (Lipinski definition) is 0. The van der Waals surface area contributed by atoms with E-state index in [2.05, 4.69) is 45.1 Å². The number of allylic oxidation sites excluding steroid dienone is 6. The highest BCUT2D eigenvalue weighted by molar-refractivity contribution is 5.14. The van der Waals surface area contributed by atoms with Gasteiger partial charge in [0, 0.05) is 0 Å². The SMILES string of the molecule is C/C1=C(\C)[C@@H](C)C/C=C\CC/C=C\CC1. The van der Waals surface area contributed by atoms with Crippen molar-refractivity contribution in [3.8, 4) is 0 Å². The molecule has 1 atom stereocenters. The van der Waals surface area contributed by atoms with Gasteiger partial charge in [-0.3, -0.25) is 0 Å². The third-order valence-electron chi connectivity index (χ3n) is 3.42. The van der Waals surface area contributed by atoms with E-state index in [1.165, 1.54) is 32.1 Å². The second-order valence-corrected chi connectivity index (χ2v) is 4.66. The third-order valence-corrected chi connectivity index (χ3v) is 3.42. The van der Waals surface area contributed by atoms with Gasteiger partial charge in [0.2, 0.25) is 0 Å². The predicted molar refractivity (Wildman–Crippen MR) is 68.9 cm³/mol. The van der Waals surface area contributed by atoms with Gasteiger partial charge in [0.05, 0.1) is 0 Å². The van der Waals surface area contributed by atoms with Gasteiger partial charge in [0.25, 0.3) is 0 Å². The van der Waals surface area contributed by atoms with Crippen LogP contribution in [0.5, 0.6) is 0 Å². The van der Waals surface area contributed by atoms with Gasteiger partial charge in [-0.2, -0.15) is 0 Å². The van der Waals surface area contributed by atoms with Crippen molar-refractivity contribution in [2.24, 2.45) is 5.92 Å². The first-order valence-corrected chi connectivity index (χ1v) is 6.18. The van der Waals surface area contributed by atoms with Crippen molar-refractivity contribution in [2.45, 2.75) is 52.9 Å². The average Bonchev–Trinajstić information content (AvgIpc) is 2.23. The maximum Gasteiger partial charge on any atom is -0.0197 e. The van der Waals surface area contributed by atoms with Crippen LogP contribution in [0, 0.1) is 5.92 Å². The van der Waals surface area contributed by atoms with E-state index in [4.69, 9.17) is 0 Å². The zero-order chi connectivity index (χ0) is 11.1. The normalized spacial score (nSPS) is 33.9. The van der Waals surface area contributed by atoms with Crippen LogP contribution in [0.15, 0.2) is 35.5 Å². The minimum absolute atomic E-state index is 0.713. The van der Waals surface area contributed by atoms with Crippen molar-refractivity contribution in [1.82, 2.24) is 0 Å². The quantitative estimate of drug-likeness (QED) is 0.485. The molecule has 0 heteroatoms. The van der Waals surface area contributed by atoms with Crippen molar-refractivity contribution < 1.29 is 0 Å². The minimum atomic E-state index is 0.713. The Labute approximate surface area is 94.8 Å². The zero-order valence-electron chi connectivity index (χ0n) is 10.4. The molecule has 0 radical (unpaired) electrons. The molecule has 0 heterocycles. The Bertz CT molecular complexity index is 266. The lowest BCUT2D eigenvalue weighted by molar-refractivity contribution is 0.675. The summed E-state index contributed by atoms with van der Waals surface area (Å²) in [6.07, 6.45) is 15.4. The summed E-state index contributed by atoms with van der Waals surface area (Å²) in [7, 11) is 0. The maximum absolute atomic E-state index is 2.34. The number of hydrogen-bond donors (Lipinski definition) is 0. The van der Waals surface area contributed by atoms with E-state index in [0.29, 0.717) is 5.92 Å². The molecule has 0 aromatic heterocycles. The molecule has 0 unspecified atom stereocenters. The summed E-state index contributed by atoms with van der Waals surface area (Å²) in [4.78, 5) is 0. The largest absolute Gasteiger partial charge is 0.0882 e. The summed E-state index contributed by atoms with van der Waals surface area (Å²) >= 11 is 0. The highest BCUT2D eigenvalue weighted by atomic mass is 14.1. The molecule has 0 amide bonds. The van der Waals surface area contributed by atoms with Crippen molar-refractivity contribution in [3.05, 3.63) is 35.5 Å². The topological polar surface area (TPSA) is 0 Å². The van der Waals surface area contributed by atoms with Crippen LogP contribution in [-0.2, 0) is 0 Å². The molecule has 0 fully saturated rings. The molecule has 15 heavy (non-hydrogen) atoms. The molecular formula is C15H24. The summed E-state index contributed by atoms with van der Waals surface area (Å²) in [6.45, 7) is 6.92. The molecule has 1 rings (SSSR count). The van der Waals surface area contributed by atoms with E-state index in [1.54, 1.807) is 11.1 Å². The molecule has 0 aliphatic heterocycles. The van der Waals surface area contributed by atoms with Crippen LogP contribution in [0.1, 0.15) is 52.9 Å². The lowest BCUT2D eigenvalue weighted by atomic mass is 9.92. The van der Waals surface area contributed by atoms with Gasteiger partial charge < -0.3 is 0 Å². The lowest BCUT2D eigenvalue weighted by Crippen LogP contribution is -1.98. The Kier molecular flexibility index (Phi) is 5.45. The first-order chi connectivity index (χ1) is 7.22. The Morgan fingerprint density at radius 3 is 2.27 bits per heavy atom. The molecule has 0 saturated carbocycles. The summed E-state index contributed by atoms with van der Waals surface area (Å²) in [6, 6.07) is 0. The minimum Gasteiger partial charge on any atom is -0.0882 e. The first-order valence-electron chi connectivity index (χ1n) is 6.18. The van der Waals surface area contributed by atoms with E-state index in [9.17, 15) is 0 Å². The van der Waals surface area contributed by atoms with E-state index in [1.807, 2.05) is 0 Å². The molecule has 0 saturated heterocycles. The lowest BCUT2D eigenvalue weighted by Gasteiger charge is -2.14. The van der Waals surface area contributed by atoms with Crippen LogP contribution in [0.25, 0.3) is 0 Å². The summed E-state index contributed by atoms with van der Waals surface area (Å²) in [5.74, 6) is 0.713. The van der Waals surface area contributed by atoms with Crippen LogP contribution in [0.4, 0.5) is 0 Å². The fraction of sp³-hybridized carbons (Fsp3) is 0.600. The van der Waals surface area contributed by atoms with Crippen molar-refractivity contribution >= 4 is 0 Å². The Morgan fingerprint density at radius 1 is 0.933 bits per heavy atom. The molecular weight excluding hydrogens is 180 g/mol. The molecule has 84 valence electrons. The smallest absolute Gasteiger partial charge is 0.0197 e. The molecule has 1 aliphatic rings. The Hall–Kier alpha value is -0.780. The van der Waals surface area contributed by atoms with Gasteiger partial charge in [-0.05, 0) is 51.9 Å². The van der Waals surface area contributed by atoms with Crippen LogP contribution in [0.2, 0.25) is 0 Å². The van der Waals surface area contributed by atoms with Crippen molar-refractivity contribution in [1.29, 1.82) is 0 Å². The Balaban J connectivity index is 2.70. The summed E-state index contributed by atoms with van der Waals surface area (Å²) in [5, 5.41) is 0. The van der Waals surface area contributed by atoms with Crippen molar-refractivity contribution in [2.75, 3.05) is 0 Å². The monoisotopic (exact) mass is 204 g/mol. The van der Waals surface area contributed by atoms with Gasteiger partial charge in [-0.15, -0.1) is 0 Å². The summed E-state index contributed by atoms with van der Waals surface area (Å²) in [5.41, 5.74) is 3.18. The number of rotatable bonds is 0. The van der Waals surface area contributed by atoms with Crippen LogP contribution < -0.4 is 0 Å². The molecule has 0 nitrogen and oxygen atoms in total. The fourth-order valence-corrected chi connectivity index (χ4v) is 1.94. The second kappa shape index (κ2) is 6.66. The van der Waals surface area contributed by atoms with Gasteiger partial charge in [0.15, 0.2) is 0 Å². The first kappa shape index (κ1) is 12.3. The highest BCUT2D eigenvalue weighted by Crippen LogP contribution is 2.22. The van der Waals surface area contributed by atoms with Gasteiger partial charge in [0.1, 0.15) is 0 Å². The van der Waals surface area contributed by atoms with Gasteiger partial charge >= 0.3 is 0 Å². The third kappa shape index (κ3) is 4.51. The standard InChI is InChI=1S/C15H24/c1-13-11-9-7-5-4-6-8-10-12-14(2)15(13)3/h5,7-8,10,14H,4,6,9,11-12H2,1-3H3/b7-5-,10-8-,15-13-/t14-/m0/s1. The van der Waals surface area contributed by atoms with Crippen LogP contribution >= 0.6 is 0 Å². The van der Waals surface area contributed by atoms with E-state index in [0.717, 1.165) is 0 Å². The van der Waals surface area contributed by atoms with Gasteiger partial charge in [-0.25, -0.2) is 0 Å². The van der Waals surface area contributed by atoms with Crippen molar-refractivity contribution in [3.63, 3.8) is 0 Å². The Morgan fingerprint density at radius 2 is 1.53 bits per heavy atom. The molecule has 0 bridgehead atoms. The zero-order valence-corrected chi connectivity index (χ0v) is 10.4. The van der Waals surface area contributed by atoms with Crippen LogP contribution in [0.3, 0.4) is 0 Å². The van der Waals surface area contributed by atoms with E-state index in [-0.39, 0.29) is 0 Å². The molecule has 0 aromatic rings. The maximum atomic E-state index is 2.34. The van der Waals surface area contributed by atoms with E-state index >= 15 is 0 Å². The fourth-order valence-electron chi connectivity index (χ4n) is 1.94. The summed E-state index contributed by atoms with van der Waals surface area (Å²) < 4.78 is 0. The van der Waals surface area contributed by atoms with Gasteiger partial charge in [-0.1, -0.05) is 42.4 Å². The molecule has 0 N–H and O–H groups in total. The molecule has 0 spiro atoms. The van der Waals surface area contributed by atoms with Crippen LogP contribution in [-0.4, -0.2) is 0 Å². The average molecular weight is 204 g/mol. The molecule has 1 aliphatic carbocycles. The second-order valence-electron chi connectivity index (χ2n) is 4.66.